The van der Waals surface area contributed by atoms with Crippen LogP contribution in [0, 0.1) is 10.8 Å². The van der Waals surface area contributed by atoms with E-state index in [2.05, 4.69) is 0 Å². The van der Waals surface area contributed by atoms with Crippen molar-refractivity contribution in [2.45, 2.75) is 38.5 Å². The van der Waals surface area contributed by atoms with E-state index in [1.807, 2.05) is 0 Å². The van der Waals surface area contributed by atoms with Crippen molar-refractivity contribution in [2.24, 2.45) is 16.6 Å². The molecule has 3 nitrogen and oxygen atoms in total. The maximum Gasteiger partial charge on any atom is 0.313 e. The highest BCUT2D eigenvalue weighted by molar-refractivity contribution is 5.82. The third-order valence-corrected chi connectivity index (χ3v) is 4.27. The summed E-state index contributed by atoms with van der Waals surface area (Å²) in [6.45, 7) is 0.458. The summed E-state index contributed by atoms with van der Waals surface area (Å²) in [6.07, 6.45) is 7.10. The third kappa shape index (κ3) is 1.11. The lowest BCUT2D eigenvalue weighted by Gasteiger charge is -2.26. The van der Waals surface area contributed by atoms with Gasteiger partial charge in [-0.25, -0.2) is 0 Å². The predicted molar refractivity (Wildman–Crippen MR) is 53.6 cm³/mol. The number of esters is 1. The minimum atomic E-state index is -0.317. The number of ether oxygens (including phenoxy) is 1. The van der Waals surface area contributed by atoms with Crippen LogP contribution >= 0.6 is 0 Å². The summed E-state index contributed by atoms with van der Waals surface area (Å²) >= 11 is 0. The van der Waals surface area contributed by atoms with Gasteiger partial charge in [0.2, 0.25) is 0 Å². The number of carbonyl (C=O) groups is 1. The van der Waals surface area contributed by atoms with Crippen LogP contribution in [0.4, 0.5) is 0 Å². The van der Waals surface area contributed by atoms with Gasteiger partial charge in [0.1, 0.15) is 0 Å². The van der Waals surface area contributed by atoms with Crippen molar-refractivity contribution in [3.63, 3.8) is 0 Å². The van der Waals surface area contributed by atoms with Crippen LogP contribution in [0.25, 0.3) is 0 Å². The minimum Gasteiger partial charge on any atom is -0.469 e. The SMILES string of the molecule is COC(=O)[C@]1(CN)CC12CCCCC2. The molecule has 0 aromatic rings. The van der Waals surface area contributed by atoms with Gasteiger partial charge in [0.05, 0.1) is 12.5 Å². The Labute approximate surface area is 85.0 Å². The average molecular weight is 197 g/mol. The van der Waals surface area contributed by atoms with E-state index in [0.29, 0.717) is 6.54 Å². The second kappa shape index (κ2) is 3.23. The molecule has 0 saturated heterocycles. The van der Waals surface area contributed by atoms with Crippen molar-refractivity contribution in [2.75, 3.05) is 13.7 Å². The number of rotatable bonds is 2. The first-order valence-corrected chi connectivity index (χ1v) is 5.49. The average Bonchev–Trinajstić information content (AvgIpc) is 2.87. The van der Waals surface area contributed by atoms with Crippen LogP contribution in [-0.2, 0) is 9.53 Å². The Balaban J connectivity index is 2.14. The molecule has 0 aliphatic heterocycles. The minimum absolute atomic E-state index is 0.0816. The van der Waals surface area contributed by atoms with E-state index in [4.69, 9.17) is 10.5 Å². The molecule has 0 aromatic carbocycles. The van der Waals surface area contributed by atoms with Gasteiger partial charge in [-0.15, -0.1) is 0 Å². The molecule has 0 bridgehead atoms. The number of hydrogen-bond donors (Lipinski definition) is 1. The number of methoxy groups -OCH3 is 1. The quantitative estimate of drug-likeness (QED) is 0.682. The maximum atomic E-state index is 11.7. The van der Waals surface area contributed by atoms with Gasteiger partial charge in [0.15, 0.2) is 0 Å². The Morgan fingerprint density at radius 1 is 1.36 bits per heavy atom. The van der Waals surface area contributed by atoms with Crippen molar-refractivity contribution in [3.05, 3.63) is 0 Å². The smallest absolute Gasteiger partial charge is 0.313 e. The van der Waals surface area contributed by atoms with Gasteiger partial charge in [-0.2, -0.15) is 0 Å². The Bertz CT molecular complexity index is 246. The molecule has 80 valence electrons. The fourth-order valence-corrected chi connectivity index (χ4v) is 3.27. The molecule has 0 heterocycles. The Hall–Kier alpha value is -0.570. The molecule has 0 aromatic heterocycles. The Kier molecular flexibility index (Phi) is 2.30. The van der Waals surface area contributed by atoms with E-state index in [0.717, 1.165) is 6.42 Å². The highest BCUT2D eigenvalue weighted by Gasteiger charge is 2.70. The highest BCUT2D eigenvalue weighted by Crippen LogP contribution is 2.70. The largest absolute Gasteiger partial charge is 0.469 e. The van der Waals surface area contributed by atoms with Crippen LogP contribution in [0.3, 0.4) is 0 Å². The molecular formula is C11H19NO2. The lowest BCUT2D eigenvalue weighted by molar-refractivity contribution is -0.148. The first kappa shape index (κ1) is 9.97. The molecule has 2 saturated carbocycles. The summed E-state index contributed by atoms with van der Waals surface area (Å²) in [7, 11) is 1.47. The van der Waals surface area contributed by atoms with E-state index in [9.17, 15) is 4.79 Å². The number of carbonyl (C=O) groups excluding carboxylic acids is 1. The summed E-state index contributed by atoms with van der Waals surface area (Å²) in [6, 6.07) is 0. The summed E-state index contributed by atoms with van der Waals surface area (Å²) in [4.78, 5) is 11.7. The number of nitrogens with two attached hydrogens (primary N) is 1. The van der Waals surface area contributed by atoms with E-state index in [1.54, 1.807) is 0 Å². The molecular weight excluding hydrogens is 178 g/mol. The fraction of sp³-hybridized carbons (Fsp3) is 0.909. The second-order valence-electron chi connectivity index (χ2n) is 4.80. The summed E-state index contributed by atoms with van der Waals surface area (Å²) in [5.41, 5.74) is 5.65. The van der Waals surface area contributed by atoms with E-state index in [-0.39, 0.29) is 16.8 Å². The van der Waals surface area contributed by atoms with Crippen molar-refractivity contribution in [1.29, 1.82) is 0 Å². The number of hydrogen-bond acceptors (Lipinski definition) is 3. The fourth-order valence-electron chi connectivity index (χ4n) is 3.27. The Morgan fingerprint density at radius 3 is 2.50 bits per heavy atom. The molecule has 2 aliphatic rings. The molecule has 0 radical (unpaired) electrons. The Morgan fingerprint density at radius 2 is 2.00 bits per heavy atom. The monoisotopic (exact) mass is 197 g/mol. The first-order chi connectivity index (χ1) is 6.71. The van der Waals surface area contributed by atoms with E-state index < -0.39 is 0 Å². The molecule has 14 heavy (non-hydrogen) atoms. The zero-order valence-corrected chi connectivity index (χ0v) is 8.84. The van der Waals surface area contributed by atoms with Crippen molar-refractivity contribution >= 4 is 5.97 Å². The lowest BCUT2D eigenvalue weighted by Crippen LogP contribution is -2.33. The molecule has 2 fully saturated rings. The molecule has 2 N–H and O–H groups in total. The molecule has 3 heteroatoms. The molecule has 2 aliphatic carbocycles. The van der Waals surface area contributed by atoms with E-state index in [1.165, 1.54) is 39.2 Å². The second-order valence-corrected chi connectivity index (χ2v) is 4.80. The summed E-state index contributed by atoms with van der Waals surface area (Å²) in [5.74, 6) is -0.0816. The third-order valence-electron chi connectivity index (χ3n) is 4.27. The highest BCUT2D eigenvalue weighted by atomic mass is 16.5. The van der Waals surface area contributed by atoms with Crippen molar-refractivity contribution < 1.29 is 9.53 Å². The standard InChI is InChI=1S/C11H19NO2/c1-14-9(13)11(8-12)7-10(11)5-3-2-4-6-10/h2-8,12H2,1H3/t11-/m1/s1. The molecule has 1 spiro atoms. The first-order valence-electron chi connectivity index (χ1n) is 5.49. The van der Waals surface area contributed by atoms with Crippen LogP contribution in [0.2, 0.25) is 0 Å². The van der Waals surface area contributed by atoms with Gasteiger partial charge >= 0.3 is 5.97 Å². The molecule has 0 amide bonds. The summed E-state index contributed by atoms with van der Waals surface area (Å²) < 4.78 is 4.88. The van der Waals surface area contributed by atoms with Crippen LogP contribution in [0.15, 0.2) is 0 Å². The summed E-state index contributed by atoms with van der Waals surface area (Å²) in [5, 5.41) is 0. The van der Waals surface area contributed by atoms with Gasteiger partial charge in [0, 0.05) is 6.54 Å². The normalized spacial score (nSPS) is 34.1. The van der Waals surface area contributed by atoms with Crippen LogP contribution in [0.5, 0.6) is 0 Å². The van der Waals surface area contributed by atoms with E-state index >= 15 is 0 Å². The zero-order chi connectivity index (χ0) is 10.2. The van der Waals surface area contributed by atoms with Gasteiger partial charge in [0.25, 0.3) is 0 Å². The topological polar surface area (TPSA) is 52.3 Å². The zero-order valence-electron chi connectivity index (χ0n) is 8.84. The molecule has 1 atom stereocenters. The van der Waals surface area contributed by atoms with Crippen molar-refractivity contribution in [3.8, 4) is 0 Å². The van der Waals surface area contributed by atoms with Crippen molar-refractivity contribution in [1.82, 2.24) is 0 Å². The van der Waals surface area contributed by atoms with Gasteiger partial charge < -0.3 is 10.5 Å². The van der Waals surface area contributed by atoms with Crippen LogP contribution in [-0.4, -0.2) is 19.6 Å². The molecule has 0 unspecified atom stereocenters. The predicted octanol–water partition coefficient (Wildman–Crippen LogP) is 1.46. The van der Waals surface area contributed by atoms with Gasteiger partial charge in [-0.3, -0.25) is 4.79 Å². The van der Waals surface area contributed by atoms with Gasteiger partial charge in [-0.1, -0.05) is 19.3 Å². The van der Waals surface area contributed by atoms with Crippen LogP contribution in [0.1, 0.15) is 38.5 Å². The lowest BCUT2D eigenvalue weighted by atomic mass is 9.79. The van der Waals surface area contributed by atoms with Gasteiger partial charge in [-0.05, 0) is 24.7 Å². The maximum absolute atomic E-state index is 11.7. The van der Waals surface area contributed by atoms with Crippen LogP contribution < -0.4 is 5.73 Å². The molecule has 2 rings (SSSR count).